The van der Waals surface area contributed by atoms with Gasteiger partial charge in [0.2, 0.25) is 5.28 Å². The van der Waals surface area contributed by atoms with Crippen molar-refractivity contribution in [3.63, 3.8) is 0 Å². The lowest BCUT2D eigenvalue weighted by Crippen LogP contribution is -2.48. The molecule has 1 aliphatic rings. The van der Waals surface area contributed by atoms with Gasteiger partial charge in [0.15, 0.2) is 5.65 Å². The first kappa shape index (κ1) is 18.6. The number of halogens is 2. The van der Waals surface area contributed by atoms with Gasteiger partial charge in [-0.15, -0.1) is 0 Å². The Morgan fingerprint density at radius 1 is 1.42 bits per heavy atom. The molecular weight excluding hydrogens is 365 g/mol. The molecule has 0 radical (unpaired) electrons. The van der Waals surface area contributed by atoms with Crippen LogP contribution in [0, 0.1) is 0 Å². The van der Waals surface area contributed by atoms with E-state index in [0.717, 1.165) is 0 Å². The molecule has 2 aromatic rings. The first-order valence-electron chi connectivity index (χ1n) is 8.30. The van der Waals surface area contributed by atoms with E-state index in [9.17, 15) is 14.0 Å². The molecule has 0 N–H and O–H groups in total. The highest BCUT2D eigenvalue weighted by Gasteiger charge is 2.36. The summed E-state index contributed by atoms with van der Waals surface area (Å²) in [4.78, 5) is 34.0. The zero-order valence-corrected chi connectivity index (χ0v) is 15.8. The number of piperidine rings is 1. The summed E-state index contributed by atoms with van der Waals surface area (Å²) in [7, 11) is 1.57. The first-order valence-corrected chi connectivity index (χ1v) is 8.68. The average molecular weight is 386 g/mol. The number of amides is 1. The van der Waals surface area contributed by atoms with Crippen LogP contribution in [-0.4, -0.2) is 55.0 Å². The Kier molecular flexibility index (Phi) is 4.68. The summed E-state index contributed by atoms with van der Waals surface area (Å²) >= 11 is 5.84. The Balaban J connectivity index is 1.88. The van der Waals surface area contributed by atoms with Crippen molar-refractivity contribution in [1.29, 1.82) is 0 Å². The predicted molar refractivity (Wildman–Crippen MR) is 94.1 cm³/mol. The predicted octanol–water partition coefficient (Wildman–Crippen LogP) is 2.30. The molecule has 2 atom stereocenters. The SMILES string of the molecule is Cn1c(=O)n(C2CCN(C(=O)OC(C)(C)C)CC2F)c2nc(Cl)ncc21. The average Bonchev–Trinajstić information content (AvgIpc) is 2.77. The Morgan fingerprint density at radius 2 is 2.12 bits per heavy atom. The van der Waals surface area contributed by atoms with Crippen molar-refractivity contribution < 1.29 is 13.9 Å². The van der Waals surface area contributed by atoms with Gasteiger partial charge >= 0.3 is 11.8 Å². The quantitative estimate of drug-likeness (QED) is 0.703. The maximum atomic E-state index is 14.9. The lowest BCUT2D eigenvalue weighted by Gasteiger charge is -2.35. The minimum absolute atomic E-state index is 0.0153. The fraction of sp³-hybridized carbons (Fsp3) is 0.625. The van der Waals surface area contributed by atoms with E-state index in [-0.39, 0.29) is 30.4 Å². The molecular formula is C16H21ClFN5O3. The minimum atomic E-state index is -1.44. The van der Waals surface area contributed by atoms with Gasteiger partial charge in [-0.1, -0.05) is 0 Å². The first-order chi connectivity index (χ1) is 12.1. The molecule has 1 fully saturated rings. The van der Waals surface area contributed by atoms with E-state index >= 15 is 0 Å². The topological polar surface area (TPSA) is 82.2 Å². The number of imidazole rings is 1. The molecule has 1 saturated heterocycles. The molecule has 1 aliphatic heterocycles. The number of alkyl halides is 1. The van der Waals surface area contributed by atoms with Crippen LogP contribution in [0.2, 0.25) is 5.28 Å². The van der Waals surface area contributed by atoms with Crippen LogP contribution in [0.25, 0.3) is 11.2 Å². The molecule has 0 bridgehead atoms. The third kappa shape index (κ3) is 3.40. The second-order valence-corrected chi connectivity index (χ2v) is 7.70. The molecule has 142 valence electrons. The van der Waals surface area contributed by atoms with Crippen molar-refractivity contribution in [1.82, 2.24) is 24.0 Å². The van der Waals surface area contributed by atoms with E-state index in [1.165, 1.54) is 20.2 Å². The molecule has 0 aromatic carbocycles. The van der Waals surface area contributed by atoms with Crippen molar-refractivity contribution >= 4 is 28.9 Å². The number of hydrogen-bond donors (Lipinski definition) is 0. The second-order valence-electron chi connectivity index (χ2n) is 7.36. The van der Waals surface area contributed by atoms with E-state index in [0.29, 0.717) is 5.52 Å². The van der Waals surface area contributed by atoms with Crippen LogP contribution in [0.1, 0.15) is 33.2 Å². The van der Waals surface area contributed by atoms with Crippen LogP contribution >= 0.6 is 11.6 Å². The monoisotopic (exact) mass is 385 g/mol. The Hall–Kier alpha value is -2.16. The van der Waals surface area contributed by atoms with Gasteiger partial charge in [0.05, 0.1) is 18.8 Å². The lowest BCUT2D eigenvalue weighted by molar-refractivity contribution is 0.00675. The number of nitrogens with zero attached hydrogens (tertiary/aromatic N) is 5. The van der Waals surface area contributed by atoms with Crippen LogP contribution in [-0.2, 0) is 11.8 Å². The van der Waals surface area contributed by atoms with Crippen LogP contribution in [0.4, 0.5) is 9.18 Å². The summed E-state index contributed by atoms with van der Waals surface area (Å²) < 4.78 is 22.9. The Bertz CT molecular complexity index is 904. The van der Waals surface area contributed by atoms with Crippen LogP contribution in [0.3, 0.4) is 0 Å². The molecule has 10 heteroatoms. The lowest BCUT2D eigenvalue weighted by atomic mass is 10.0. The Labute approximate surface area is 154 Å². The fourth-order valence-corrected chi connectivity index (χ4v) is 3.22. The third-order valence-corrected chi connectivity index (χ3v) is 4.48. The smallest absolute Gasteiger partial charge is 0.410 e. The van der Waals surface area contributed by atoms with Gasteiger partial charge in [-0.25, -0.2) is 19.0 Å². The number of rotatable bonds is 1. The number of fused-ring (bicyclic) bond motifs is 1. The van der Waals surface area contributed by atoms with Crippen molar-refractivity contribution in [3.05, 3.63) is 22.0 Å². The summed E-state index contributed by atoms with van der Waals surface area (Å²) in [6, 6.07) is -0.740. The summed E-state index contributed by atoms with van der Waals surface area (Å²) in [5, 5.41) is -0.0153. The molecule has 3 rings (SSSR count). The molecule has 2 unspecified atom stereocenters. The van der Waals surface area contributed by atoms with Gasteiger partial charge in [-0.05, 0) is 38.8 Å². The number of carbonyl (C=O) groups excluding carboxylic acids is 1. The van der Waals surface area contributed by atoms with Crippen molar-refractivity contribution in [3.8, 4) is 0 Å². The van der Waals surface area contributed by atoms with Gasteiger partial charge < -0.3 is 9.64 Å². The van der Waals surface area contributed by atoms with Crippen LogP contribution < -0.4 is 5.69 Å². The van der Waals surface area contributed by atoms with Gasteiger partial charge in [-0.3, -0.25) is 9.13 Å². The second kappa shape index (κ2) is 6.53. The number of hydrogen-bond acceptors (Lipinski definition) is 5. The zero-order valence-electron chi connectivity index (χ0n) is 15.1. The van der Waals surface area contributed by atoms with E-state index in [1.54, 1.807) is 27.8 Å². The Morgan fingerprint density at radius 3 is 2.73 bits per heavy atom. The van der Waals surface area contributed by atoms with E-state index in [1.807, 2.05) is 0 Å². The van der Waals surface area contributed by atoms with Gasteiger partial charge in [0.25, 0.3) is 0 Å². The summed E-state index contributed by atoms with van der Waals surface area (Å²) in [6.45, 7) is 5.39. The minimum Gasteiger partial charge on any atom is -0.444 e. The van der Waals surface area contributed by atoms with Crippen molar-refractivity contribution in [2.75, 3.05) is 13.1 Å². The number of aromatic nitrogens is 4. The van der Waals surface area contributed by atoms with Crippen LogP contribution in [0.5, 0.6) is 0 Å². The molecule has 0 saturated carbocycles. The normalized spacial score (nSPS) is 21.2. The zero-order chi connectivity index (χ0) is 19.2. The summed E-state index contributed by atoms with van der Waals surface area (Å²) in [6.07, 6.45) is -0.297. The highest BCUT2D eigenvalue weighted by molar-refractivity contribution is 6.28. The van der Waals surface area contributed by atoms with E-state index < -0.39 is 29.6 Å². The largest absolute Gasteiger partial charge is 0.444 e. The highest BCUT2D eigenvalue weighted by atomic mass is 35.5. The number of likely N-dealkylation sites (tertiary alicyclic amines) is 1. The summed E-state index contributed by atoms with van der Waals surface area (Å²) in [5.74, 6) is 0. The standard InChI is InChI=1S/C16H21ClFN5O3/c1-16(2,3)26-15(25)22-6-5-10(9(18)8-22)23-12-11(21(4)14(23)24)7-19-13(17)20-12/h7,9-10H,5-6,8H2,1-4H3. The molecule has 26 heavy (non-hydrogen) atoms. The maximum Gasteiger partial charge on any atom is 0.410 e. The third-order valence-electron chi connectivity index (χ3n) is 4.29. The molecule has 8 nitrogen and oxygen atoms in total. The summed E-state index contributed by atoms with van der Waals surface area (Å²) in [5.41, 5.74) is -0.285. The van der Waals surface area contributed by atoms with Crippen LogP contribution in [0.15, 0.2) is 11.0 Å². The molecule has 0 aliphatic carbocycles. The van der Waals surface area contributed by atoms with Crippen molar-refractivity contribution in [2.24, 2.45) is 7.05 Å². The van der Waals surface area contributed by atoms with Gasteiger partial charge in [0, 0.05) is 13.6 Å². The number of ether oxygens (including phenoxy) is 1. The molecule has 2 aromatic heterocycles. The molecule has 0 spiro atoms. The number of carbonyl (C=O) groups is 1. The molecule has 1 amide bonds. The van der Waals surface area contributed by atoms with E-state index in [2.05, 4.69) is 9.97 Å². The van der Waals surface area contributed by atoms with Gasteiger partial charge in [0.1, 0.15) is 17.3 Å². The van der Waals surface area contributed by atoms with Crippen molar-refractivity contribution in [2.45, 2.75) is 45.0 Å². The fourth-order valence-electron chi connectivity index (χ4n) is 3.09. The number of aryl methyl sites for hydroxylation is 1. The van der Waals surface area contributed by atoms with E-state index in [4.69, 9.17) is 16.3 Å². The highest BCUT2D eigenvalue weighted by Crippen LogP contribution is 2.28. The van der Waals surface area contributed by atoms with Gasteiger partial charge in [-0.2, -0.15) is 4.98 Å². The molecule has 3 heterocycles. The maximum absolute atomic E-state index is 14.9.